The molecule has 1 saturated heterocycles. The van der Waals surface area contributed by atoms with Gasteiger partial charge < -0.3 is 15.0 Å². The highest BCUT2D eigenvalue weighted by molar-refractivity contribution is 6.08. The average molecular weight is 332 g/mol. The number of aromatic nitrogens is 2. The van der Waals surface area contributed by atoms with E-state index in [-0.39, 0.29) is 11.7 Å². The van der Waals surface area contributed by atoms with E-state index in [0.29, 0.717) is 29.4 Å². The number of nitrogens with one attached hydrogen (secondary N) is 1. The number of β-lactam (4-membered cyclic amide) rings is 1. The van der Waals surface area contributed by atoms with Crippen molar-refractivity contribution in [3.8, 4) is 5.88 Å². The van der Waals surface area contributed by atoms with Crippen LogP contribution in [0.3, 0.4) is 0 Å². The molecule has 3 rings (SSSR count). The largest absolute Gasteiger partial charge is 0.481 e. The van der Waals surface area contributed by atoms with Crippen LogP contribution in [-0.4, -0.2) is 41.3 Å². The first kappa shape index (κ1) is 16.0. The highest BCUT2D eigenvalue weighted by atomic mass is 19.1. The molecular formula is C16H17FN4O3. The third-order valence-electron chi connectivity index (χ3n) is 3.96. The molecule has 0 radical (unpaired) electrons. The molecule has 2 aromatic rings. The summed E-state index contributed by atoms with van der Waals surface area (Å²) >= 11 is 0. The first-order valence-electron chi connectivity index (χ1n) is 7.37. The number of methoxy groups -OCH3 is 1. The number of aryl methyl sites for hydroxylation is 2. The molecular weight excluding hydrogens is 315 g/mol. The Kier molecular flexibility index (Phi) is 3.96. The number of amides is 2. The fourth-order valence-corrected chi connectivity index (χ4v) is 2.75. The van der Waals surface area contributed by atoms with Crippen LogP contribution in [0.1, 0.15) is 16.1 Å². The molecule has 1 fully saturated rings. The molecule has 0 aliphatic carbocycles. The lowest BCUT2D eigenvalue weighted by molar-refractivity contribution is -0.124. The minimum atomic E-state index is -0.619. The van der Waals surface area contributed by atoms with Crippen molar-refractivity contribution in [2.75, 3.05) is 18.6 Å². The van der Waals surface area contributed by atoms with Crippen LogP contribution in [0.4, 0.5) is 10.1 Å². The Morgan fingerprint density at radius 1 is 1.38 bits per heavy atom. The Labute approximate surface area is 138 Å². The third kappa shape index (κ3) is 2.60. The molecule has 0 saturated carbocycles. The Morgan fingerprint density at radius 2 is 2.04 bits per heavy atom. The molecule has 0 spiro atoms. The highest BCUT2D eigenvalue weighted by Gasteiger charge is 2.39. The SMILES string of the molecule is COc1c(C(=O)N[C@@H]2CN(c3ccc(F)cc3)C2=O)c(C)nn1C. The van der Waals surface area contributed by atoms with Gasteiger partial charge in [0.1, 0.15) is 17.4 Å². The number of ether oxygens (including phenoxy) is 1. The van der Waals surface area contributed by atoms with Gasteiger partial charge in [0.2, 0.25) is 5.88 Å². The maximum absolute atomic E-state index is 12.9. The molecule has 1 aromatic heterocycles. The van der Waals surface area contributed by atoms with E-state index in [0.717, 1.165) is 0 Å². The van der Waals surface area contributed by atoms with Gasteiger partial charge in [-0.15, -0.1) is 0 Å². The quantitative estimate of drug-likeness (QED) is 0.848. The molecule has 1 aliphatic rings. The second-order valence-electron chi connectivity index (χ2n) is 5.54. The second kappa shape index (κ2) is 5.95. The third-order valence-corrected chi connectivity index (χ3v) is 3.96. The van der Waals surface area contributed by atoms with Crippen molar-refractivity contribution in [2.45, 2.75) is 13.0 Å². The lowest BCUT2D eigenvalue weighted by Crippen LogP contribution is -2.64. The summed E-state index contributed by atoms with van der Waals surface area (Å²) in [7, 11) is 3.13. The molecule has 0 unspecified atom stereocenters. The fourth-order valence-electron chi connectivity index (χ4n) is 2.75. The standard InChI is InChI=1S/C16H17FN4O3/c1-9-13(16(24-3)20(2)19-9)14(22)18-12-8-21(15(12)23)11-6-4-10(17)5-7-11/h4-7,12H,8H2,1-3H3,(H,18,22)/t12-/m1/s1. The maximum atomic E-state index is 12.9. The van der Waals surface area contributed by atoms with Crippen molar-refractivity contribution in [3.05, 3.63) is 41.3 Å². The number of rotatable bonds is 4. The molecule has 7 nitrogen and oxygen atoms in total. The lowest BCUT2D eigenvalue weighted by Gasteiger charge is -2.38. The van der Waals surface area contributed by atoms with Crippen LogP contribution in [0, 0.1) is 12.7 Å². The van der Waals surface area contributed by atoms with Crippen LogP contribution in [0.2, 0.25) is 0 Å². The molecule has 1 aliphatic heterocycles. The molecule has 0 bridgehead atoms. The summed E-state index contributed by atoms with van der Waals surface area (Å²) in [5.74, 6) is -0.673. The zero-order valence-electron chi connectivity index (χ0n) is 13.5. The van der Waals surface area contributed by atoms with Crippen LogP contribution in [0.5, 0.6) is 5.88 Å². The summed E-state index contributed by atoms with van der Waals surface area (Å²) in [5.41, 5.74) is 1.43. The molecule has 24 heavy (non-hydrogen) atoms. The van der Waals surface area contributed by atoms with E-state index in [1.165, 1.54) is 41.0 Å². The molecule has 8 heteroatoms. The lowest BCUT2D eigenvalue weighted by atomic mass is 10.1. The monoisotopic (exact) mass is 332 g/mol. The molecule has 2 amide bonds. The van der Waals surface area contributed by atoms with Crippen molar-refractivity contribution in [2.24, 2.45) is 7.05 Å². The van der Waals surface area contributed by atoms with Crippen LogP contribution in [0.25, 0.3) is 0 Å². The van der Waals surface area contributed by atoms with Crippen molar-refractivity contribution >= 4 is 17.5 Å². The molecule has 1 atom stereocenters. The number of benzene rings is 1. The number of halogens is 1. The van der Waals surface area contributed by atoms with Crippen LogP contribution < -0.4 is 15.0 Å². The zero-order chi connectivity index (χ0) is 17.4. The summed E-state index contributed by atoms with van der Waals surface area (Å²) in [6.45, 7) is 2.03. The van der Waals surface area contributed by atoms with Gasteiger partial charge in [-0.2, -0.15) is 5.10 Å². The van der Waals surface area contributed by atoms with Gasteiger partial charge in [-0.3, -0.25) is 9.59 Å². The average Bonchev–Trinajstić information content (AvgIpc) is 2.85. The Bertz CT molecular complexity index is 800. The first-order chi connectivity index (χ1) is 11.4. The van der Waals surface area contributed by atoms with E-state index >= 15 is 0 Å². The summed E-state index contributed by atoms with van der Waals surface area (Å²) in [5, 5.41) is 6.83. The normalized spacial score (nSPS) is 16.8. The highest BCUT2D eigenvalue weighted by Crippen LogP contribution is 2.24. The van der Waals surface area contributed by atoms with Crippen molar-refractivity contribution < 1.29 is 18.7 Å². The summed E-state index contributed by atoms with van der Waals surface area (Å²) in [6.07, 6.45) is 0. The van der Waals surface area contributed by atoms with Crippen LogP contribution >= 0.6 is 0 Å². The maximum Gasteiger partial charge on any atom is 0.259 e. The van der Waals surface area contributed by atoms with Gasteiger partial charge in [-0.25, -0.2) is 9.07 Å². The number of hydrogen-bond acceptors (Lipinski definition) is 4. The van der Waals surface area contributed by atoms with Crippen LogP contribution in [0.15, 0.2) is 24.3 Å². The van der Waals surface area contributed by atoms with E-state index in [9.17, 15) is 14.0 Å². The van der Waals surface area contributed by atoms with Gasteiger partial charge in [0.15, 0.2) is 0 Å². The van der Waals surface area contributed by atoms with Gasteiger partial charge in [-0.05, 0) is 31.2 Å². The Balaban J connectivity index is 1.69. The van der Waals surface area contributed by atoms with Gasteiger partial charge in [0.25, 0.3) is 11.8 Å². The number of hydrogen-bond donors (Lipinski definition) is 1. The van der Waals surface area contributed by atoms with Gasteiger partial charge >= 0.3 is 0 Å². The second-order valence-corrected chi connectivity index (χ2v) is 5.54. The van der Waals surface area contributed by atoms with Crippen molar-refractivity contribution in [3.63, 3.8) is 0 Å². The summed E-state index contributed by atoms with van der Waals surface area (Å²) in [4.78, 5) is 26.1. The number of nitrogens with zero attached hydrogens (tertiary/aromatic N) is 3. The summed E-state index contributed by atoms with van der Waals surface area (Å²) in [6, 6.07) is 5.02. The van der Waals surface area contributed by atoms with E-state index in [1.54, 1.807) is 14.0 Å². The van der Waals surface area contributed by atoms with E-state index < -0.39 is 11.9 Å². The van der Waals surface area contributed by atoms with Crippen LogP contribution in [-0.2, 0) is 11.8 Å². The minimum absolute atomic E-state index is 0.240. The van der Waals surface area contributed by atoms with Gasteiger partial charge in [0, 0.05) is 12.7 Å². The van der Waals surface area contributed by atoms with E-state index in [4.69, 9.17) is 4.74 Å². The first-order valence-corrected chi connectivity index (χ1v) is 7.37. The van der Waals surface area contributed by atoms with Crippen molar-refractivity contribution in [1.29, 1.82) is 0 Å². The van der Waals surface area contributed by atoms with Gasteiger partial charge in [-0.1, -0.05) is 0 Å². The fraction of sp³-hybridized carbons (Fsp3) is 0.312. The number of carbonyl (C=O) groups is 2. The zero-order valence-corrected chi connectivity index (χ0v) is 13.5. The topological polar surface area (TPSA) is 76.5 Å². The smallest absolute Gasteiger partial charge is 0.259 e. The number of anilines is 1. The van der Waals surface area contributed by atoms with Crippen molar-refractivity contribution in [1.82, 2.24) is 15.1 Å². The molecule has 126 valence electrons. The molecule has 2 heterocycles. The van der Waals surface area contributed by atoms with E-state index in [2.05, 4.69) is 10.4 Å². The predicted octanol–water partition coefficient (Wildman–Crippen LogP) is 1.02. The van der Waals surface area contributed by atoms with E-state index in [1.807, 2.05) is 0 Å². The molecule has 1 N–H and O–H groups in total. The molecule has 1 aromatic carbocycles. The Hall–Kier alpha value is -2.90. The number of carbonyl (C=O) groups excluding carboxylic acids is 2. The Morgan fingerprint density at radius 3 is 2.62 bits per heavy atom. The summed E-state index contributed by atoms with van der Waals surface area (Å²) < 4.78 is 19.6. The predicted molar refractivity (Wildman–Crippen MR) is 84.5 cm³/mol. The van der Waals surface area contributed by atoms with Gasteiger partial charge in [0.05, 0.1) is 19.3 Å². The minimum Gasteiger partial charge on any atom is -0.481 e.